The van der Waals surface area contributed by atoms with E-state index in [2.05, 4.69) is 30.6 Å². The van der Waals surface area contributed by atoms with E-state index in [0.717, 1.165) is 20.4 Å². The second-order valence-electron chi connectivity index (χ2n) is 3.49. The van der Waals surface area contributed by atoms with E-state index in [0.29, 0.717) is 11.6 Å². The van der Waals surface area contributed by atoms with Crippen molar-refractivity contribution in [2.24, 2.45) is 5.84 Å². The zero-order chi connectivity index (χ0) is 12.5. The van der Waals surface area contributed by atoms with Crippen molar-refractivity contribution < 1.29 is 0 Å². The molecule has 0 saturated heterocycles. The number of nitrogens with zero attached hydrogens (tertiary/aromatic N) is 4. The number of nitrogens with one attached hydrogen (secondary N) is 2. The molecule has 7 nitrogen and oxygen atoms in total. The minimum atomic E-state index is 0.350. The molecule has 0 aliphatic carbocycles. The van der Waals surface area contributed by atoms with Gasteiger partial charge in [-0.2, -0.15) is 10.1 Å². The van der Waals surface area contributed by atoms with Crippen molar-refractivity contribution >= 4 is 40.1 Å². The van der Waals surface area contributed by atoms with Gasteiger partial charge in [0.25, 0.3) is 0 Å². The monoisotopic (exact) mass is 279 g/mol. The van der Waals surface area contributed by atoms with Gasteiger partial charge in [-0.25, -0.2) is 15.8 Å². The second-order valence-corrected chi connectivity index (χ2v) is 5.58. The van der Waals surface area contributed by atoms with E-state index in [1.165, 1.54) is 11.8 Å². The number of hydrogen-bond donors (Lipinski definition) is 3. The largest absolute Gasteiger partial charge is 0.292 e. The second kappa shape index (κ2) is 4.52. The van der Waals surface area contributed by atoms with Crippen molar-refractivity contribution in [1.82, 2.24) is 25.1 Å². The lowest BCUT2D eigenvalue weighted by molar-refractivity contribution is 1.05. The highest BCUT2D eigenvalue weighted by molar-refractivity contribution is 8.01. The molecule has 0 atom stereocenters. The van der Waals surface area contributed by atoms with Gasteiger partial charge in [0.15, 0.2) is 9.99 Å². The maximum Gasteiger partial charge on any atom is 0.240 e. The Bertz CT molecular complexity index is 689. The molecule has 3 aromatic heterocycles. The molecule has 0 spiro atoms. The Balaban J connectivity index is 2.06. The standard InChI is InChI=1S/C9H9N7S2/c1-4-3-17-9(12-4)18-7-5-2-11-16-6(5)13-8(14-7)15-10/h2-3H,10H2,1H3,(H2,11,13,14,15,16). The van der Waals surface area contributed by atoms with Crippen molar-refractivity contribution in [3.63, 3.8) is 0 Å². The summed E-state index contributed by atoms with van der Waals surface area (Å²) < 4.78 is 0.927. The van der Waals surface area contributed by atoms with Crippen LogP contribution in [0, 0.1) is 6.92 Å². The van der Waals surface area contributed by atoms with Crippen LogP contribution in [0.2, 0.25) is 0 Å². The first-order valence-electron chi connectivity index (χ1n) is 5.04. The lowest BCUT2D eigenvalue weighted by atomic mass is 10.4. The Morgan fingerprint density at radius 3 is 3.00 bits per heavy atom. The first-order valence-corrected chi connectivity index (χ1v) is 6.73. The lowest BCUT2D eigenvalue weighted by Crippen LogP contribution is -2.10. The summed E-state index contributed by atoms with van der Waals surface area (Å²) in [5.74, 6) is 5.69. The highest BCUT2D eigenvalue weighted by Crippen LogP contribution is 2.33. The van der Waals surface area contributed by atoms with Crippen LogP contribution in [0.5, 0.6) is 0 Å². The van der Waals surface area contributed by atoms with Crippen LogP contribution < -0.4 is 11.3 Å². The van der Waals surface area contributed by atoms with Gasteiger partial charge in [-0.15, -0.1) is 11.3 Å². The molecule has 4 N–H and O–H groups in total. The first kappa shape index (κ1) is 11.4. The summed E-state index contributed by atoms with van der Waals surface area (Å²) in [6, 6.07) is 0. The topological polar surface area (TPSA) is 105 Å². The molecule has 0 aliphatic heterocycles. The van der Waals surface area contributed by atoms with Crippen LogP contribution in [0.4, 0.5) is 5.95 Å². The number of nitrogens with two attached hydrogens (primary N) is 1. The quantitative estimate of drug-likeness (QED) is 0.379. The van der Waals surface area contributed by atoms with E-state index in [9.17, 15) is 0 Å². The van der Waals surface area contributed by atoms with Crippen LogP contribution in [0.25, 0.3) is 11.0 Å². The van der Waals surface area contributed by atoms with Crippen LogP contribution >= 0.6 is 23.1 Å². The van der Waals surface area contributed by atoms with E-state index in [1.807, 2.05) is 12.3 Å². The predicted molar refractivity (Wildman–Crippen MR) is 70.5 cm³/mol. The maximum absolute atomic E-state index is 5.34. The smallest absolute Gasteiger partial charge is 0.240 e. The third-order valence-corrected chi connectivity index (χ3v) is 4.25. The molecule has 0 unspecified atom stereocenters. The molecule has 0 saturated carbocycles. The van der Waals surface area contributed by atoms with Crippen molar-refractivity contribution in [2.75, 3.05) is 5.43 Å². The normalized spacial score (nSPS) is 11.0. The van der Waals surface area contributed by atoms with Gasteiger partial charge in [0.2, 0.25) is 5.95 Å². The SMILES string of the molecule is Cc1csc(Sc2nc(NN)nc3[nH]ncc23)n1. The average Bonchev–Trinajstić information content (AvgIpc) is 2.98. The maximum atomic E-state index is 5.34. The number of thiazole rings is 1. The summed E-state index contributed by atoms with van der Waals surface area (Å²) in [5, 5.41) is 10.4. The molecule has 0 bridgehead atoms. The van der Waals surface area contributed by atoms with Crippen molar-refractivity contribution in [2.45, 2.75) is 16.3 Å². The van der Waals surface area contributed by atoms with Crippen LogP contribution in [0.1, 0.15) is 5.69 Å². The van der Waals surface area contributed by atoms with Gasteiger partial charge < -0.3 is 0 Å². The van der Waals surface area contributed by atoms with Crippen LogP contribution in [0.15, 0.2) is 20.9 Å². The van der Waals surface area contributed by atoms with Crippen LogP contribution in [0.3, 0.4) is 0 Å². The van der Waals surface area contributed by atoms with E-state index < -0.39 is 0 Å². The number of aryl methyl sites for hydroxylation is 1. The number of nitrogen functional groups attached to an aromatic ring is 1. The number of aromatic nitrogens is 5. The molecule has 0 radical (unpaired) electrons. The lowest BCUT2D eigenvalue weighted by Gasteiger charge is -2.02. The fourth-order valence-corrected chi connectivity index (χ4v) is 3.25. The van der Waals surface area contributed by atoms with Crippen molar-refractivity contribution in [1.29, 1.82) is 0 Å². The van der Waals surface area contributed by atoms with E-state index in [-0.39, 0.29) is 0 Å². The van der Waals surface area contributed by atoms with E-state index in [1.54, 1.807) is 17.5 Å². The summed E-state index contributed by atoms with van der Waals surface area (Å²) in [6.45, 7) is 1.96. The fraction of sp³-hybridized carbons (Fsp3) is 0.111. The number of anilines is 1. The third kappa shape index (κ3) is 2.03. The Morgan fingerprint density at radius 2 is 2.28 bits per heavy atom. The minimum Gasteiger partial charge on any atom is -0.292 e. The summed E-state index contributed by atoms with van der Waals surface area (Å²) in [7, 11) is 0. The van der Waals surface area contributed by atoms with Crippen molar-refractivity contribution in [3.8, 4) is 0 Å². The van der Waals surface area contributed by atoms with Gasteiger partial charge in [-0.05, 0) is 18.7 Å². The van der Waals surface area contributed by atoms with E-state index in [4.69, 9.17) is 5.84 Å². The highest BCUT2D eigenvalue weighted by atomic mass is 32.2. The molecular formula is C9H9N7S2. The average molecular weight is 279 g/mol. The molecule has 0 fully saturated rings. The Morgan fingerprint density at radius 1 is 1.39 bits per heavy atom. The van der Waals surface area contributed by atoms with Gasteiger partial charge in [-0.1, -0.05) is 0 Å². The van der Waals surface area contributed by atoms with Crippen LogP contribution in [-0.2, 0) is 0 Å². The summed E-state index contributed by atoms with van der Waals surface area (Å²) >= 11 is 3.05. The Kier molecular flexibility index (Phi) is 2.86. The number of rotatable bonds is 3. The summed E-state index contributed by atoms with van der Waals surface area (Å²) in [6.07, 6.45) is 1.69. The van der Waals surface area contributed by atoms with E-state index >= 15 is 0 Å². The third-order valence-electron chi connectivity index (χ3n) is 2.19. The molecule has 92 valence electrons. The molecule has 18 heavy (non-hydrogen) atoms. The van der Waals surface area contributed by atoms with Gasteiger partial charge in [-0.3, -0.25) is 10.5 Å². The Labute approximate surface area is 110 Å². The number of fused-ring (bicyclic) bond motifs is 1. The molecule has 3 aromatic rings. The Hall–Kier alpha value is -1.71. The molecule has 0 aliphatic rings. The van der Waals surface area contributed by atoms with Gasteiger partial charge in [0.05, 0.1) is 11.6 Å². The molecule has 0 aromatic carbocycles. The molecule has 3 rings (SSSR count). The number of aromatic amines is 1. The predicted octanol–water partition coefficient (Wildman–Crippen LogP) is 1.55. The van der Waals surface area contributed by atoms with Gasteiger partial charge in [0, 0.05) is 11.1 Å². The molecule has 3 heterocycles. The zero-order valence-electron chi connectivity index (χ0n) is 9.34. The number of hydrogen-bond acceptors (Lipinski definition) is 8. The zero-order valence-corrected chi connectivity index (χ0v) is 11.0. The number of H-pyrrole nitrogens is 1. The molecule has 0 amide bonds. The van der Waals surface area contributed by atoms with Crippen LogP contribution in [-0.4, -0.2) is 25.1 Å². The molecule has 9 heteroatoms. The minimum absolute atomic E-state index is 0.350. The van der Waals surface area contributed by atoms with Gasteiger partial charge in [0.1, 0.15) is 5.03 Å². The summed E-state index contributed by atoms with van der Waals surface area (Å²) in [5.41, 5.74) is 4.08. The molecular weight excluding hydrogens is 270 g/mol. The fourth-order valence-electron chi connectivity index (χ4n) is 1.41. The number of hydrazine groups is 1. The van der Waals surface area contributed by atoms with Crippen molar-refractivity contribution in [3.05, 3.63) is 17.3 Å². The first-order chi connectivity index (χ1) is 8.76. The van der Waals surface area contributed by atoms with Gasteiger partial charge >= 0.3 is 0 Å². The summed E-state index contributed by atoms with van der Waals surface area (Å²) in [4.78, 5) is 12.9. The highest BCUT2D eigenvalue weighted by Gasteiger charge is 2.12.